The van der Waals surface area contributed by atoms with Gasteiger partial charge in [-0.05, 0) is 89.5 Å². The molecule has 0 bridgehead atoms. The van der Waals surface area contributed by atoms with E-state index in [0.717, 1.165) is 11.6 Å². The summed E-state index contributed by atoms with van der Waals surface area (Å²) < 4.78 is 64.4. The van der Waals surface area contributed by atoms with Gasteiger partial charge in [0.05, 0.1) is 42.0 Å². The van der Waals surface area contributed by atoms with Gasteiger partial charge in [0.2, 0.25) is 0 Å². The number of fused-ring (bicyclic) bond motifs is 1. The Morgan fingerprint density at radius 3 is 2.28 bits per heavy atom. The highest BCUT2D eigenvalue weighted by molar-refractivity contribution is 7.85. The van der Waals surface area contributed by atoms with Crippen LogP contribution < -0.4 is 20.3 Å². The SMILES string of the molecule is COc1ccc2c(Oc3ccc(NC(=O)c4c(C)n(CC(C)OC(=O)CN(C)C)n(-c5ccccc5)c4=O)cc3F)ccnc2c1.Cc1ccc(S(=O)(=O)O)cc1. The van der Waals surface area contributed by atoms with E-state index in [-0.39, 0.29) is 35.0 Å². The Hall–Kier alpha value is -6.36. The molecule has 298 valence electrons. The Morgan fingerprint density at radius 2 is 1.65 bits per heavy atom. The number of carbonyl (C=O) groups excluding carboxylic acids is 2. The molecule has 6 rings (SSSR count). The summed E-state index contributed by atoms with van der Waals surface area (Å²) in [6.07, 6.45) is 0.944. The van der Waals surface area contributed by atoms with Gasteiger partial charge >= 0.3 is 5.97 Å². The van der Waals surface area contributed by atoms with E-state index in [4.69, 9.17) is 18.8 Å². The highest BCUT2D eigenvalue weighted by atomic mass is 32.2. The van der Waals surface area contributed by atoms with Gasteiger partial charge in [0.25, 0.3) is 21.6 Å². The van der Waals surface area contributed by atoms with Crippen molar-refractivity contribution in [1.29, 1.82) is 0 Å². The molecule has 14 nitrogen and oxygen atoms in total. The molecule has 0 spiro atoms. The van der Waals surface area contributed by atoms with Gasteiger partial charge in [-0.25, -0.2) is 9.07 Å². The number of esters is 1. The number of hydrogen-bond donors (Lipinski definition) is 2. The summed E-state index contributed by atoms with van der Waals surface area (Å²) in [6, 6.07) is 25.7. The molecule has 2 N–H and O–H groups in total. The maximum atomic E-state index is 15.3. The maximum absolute atomic E-state index is 15.3. The molecule has 16 heteroatoms. The van der Waals surface area contributed by atoms with E-state index in [1.54, 1.807) is 111 Å². The van der Waals surface area contributed by atoms with E-state index >= 15 is 4.39 Å². The van der Waals surface area contributed by atoms with Crippen LogP contribution in [0.25, 0.3) is 16.6 Å². The molecular weight excluding hydrogens is 758 g/mol. The molecule has 6 aromatic rings. The van der Waals surface area contributed by atoms with Crippen molar-refractivity contribution in [3.05, 3.63) is 136 Å². The average molecular weight is 800 g/mol. The van der Waals surface area contributed by atoms with Crippen molar-refractivity contribution in [2.45, 2.75) is 38.3 Å². The summed E-state index contributed by atoms with van der Waals surface area (Å²) in [4.78, 5) is 45.4. The summed E-state index contributed by atoms with van der Waals surface area (Å²) in [5.41, 5.74) is 1.87. The zero-order chi connectivity index (χ0) is 41.4. The van der Waals surface area contributed by atoms with Crippen molar-refractivity contribution in [3.8, 4) is 22.9 Å². The first kappa shape index (κ1) is 41.8. The minimum atomic E-state index is -4.02. The van der Waals surface area contributed by atoms with Crippen LogP contribution >= 0.6 is 0 Å². The van der Waals surface area contributed by atoms with Gasteiger partial charge in [0, 0.05) is 29.4 Å². The zero-order valence-electron chi connectivity index (χ0n) is 32.1. The molecule has 1 atom stereocenters. The van der Waals surface area contributed by atoms with E-state index < -0.39 is 39.5 Å². The molecule has 0 saturated heterocycles. The van der Waals surface area contributed by atoms with Crippen molar-refractivity contribution in [2.75, 3.05) is 33.1 Å². The second-order valence-electron chi connectivity index (χ2n) is 13.2. The lowest BCUT2D eigenvalue weighted by molar-refractivity contribution is -0.149. The highest BCUT2D eigenvalue weighted by Crippen LogP contribution is 2.33. The van der Waals surface area contributed by atoms with Crippen molar-refractivity contribution in [1.82, 2.24) is 19.2 Å². The van der Waals surface area contributed by atoms with Crippen molar-refractivity contribution >= 4 is 38.6 Å². The summed E-state index contributed by atoms with van der Waals surface area (Å²) in [6.45, 7) is 5.40. The Morgan fingerprint density at radius 1 is 0.947 bits per heavy atom. The van der Waals surface area contributed by atoms with E-state index in [1.165, 1.54) is 28.9 Å². The predicted octanol–water partition coefficient (Wildman–Crippen LogP) is 6.42. The number of ether oxygens (including phenoxy) is 3. The largest absolute Gasteiger partial charge is 0.497 e. The maximum Gasteiger partial charge on any atom is 0.320 e. The number of nitrogens with one attached hydrogen (secondary N) is 1. The fourth-order valence-electron chi connectivity index (χ4n) is 5.76. The molecule has 0 saturated carbocycles. The lowest BCUT2D eigenvalue weighted by atomic mass is 10.2. The van der Waals surface area contributed by atoms with Crippen LogP contribution in [0, 0.1) is 19.7 Å². The normalized spacial score (nSPS) is 11.7. The average Bonchev–Trinajstić information content (AvgIpc) is 3.40. The quantitative estimate of drug-likeness (QED) is 0.103. The summed E-state index contributed by atoms with van der Waals surface area (Å²) in [7, 11) is 1.05. The molecular formula is C41H42FN5O9S. The number of rotatable bonds is 12. The van der Waals surface area contributed by atoms with Gasteiger partial charge < -0.3 is 19.5 Å². The number of likely N-dealkylation sites (N-methyl/N-ethyl adjacent to an activating group) is 1. The first-order valence-corrected chi connectivity index (χ1v) is 19.0. The third-order valence-electron chi connectivity index (χ3n) is 8.47. The number of pyridine rings is 1. The molecule has 2 heterocycles. The van der Waals surface area contributed by atoms with Crippen LogP contribution in [0.3, 0.4) is 0 Å². The number of nitrogens with zero attached hydrogens (tertiary/aromatic N) is 4. The Kier molecular flexibility index (Phi) is 13.2. The highest BCUT2D eigenvalue weighted by Gasteiger charge is 2.26. The monoisotopic (exact) mass is 799 g/mol. The minimum absolute atomic E-state index is 0.0621. The summed E-state index contributed by atoms with van der Waals surface area (Å²) in [5, 5.41) is 3.30. The third-order valence-corrected chi connectivity index (χ3v) is 9.34. The number of anilines is 1. The lowest BCUT2D eigenvalue weighted by Crippen LogP contribution is -2.31. The van der Waals surface area contributed by atoms with Gasteiger partial charge in [-0.3, -0.25) is 33.5 Å². The fourth-order valence-corrected chi connectivity index (χ4v) is 6.24. The fraction of sp³-hybridized carbons (Fsp3) is 0.220. The van der Waals surface area contributed by atoms with E-state index in [9.17, 15) is 22.8 Å². The minimum Gasteiger partial charge on any atom is -0.497 e. The van der Waals surface area contributed by atoms with Crippen molar-refractivity contribution in [3.63, 3.8) is 0 Å². The zero-order valence-corrected chi connectivity index (χ0v) is 32.9. The molecule has 0 aliphatic rings. The number of aromatic nitrogens is 3. The number of para-hydroxylation sites is 1. The standard InChI is InChI=1S/C34H34FN5O6.C7H8O3S/c1-21(45-31(41)20-38(3)4)19-39-22(2)32(34(43)40(39)24-9-7-6-8-10-24)33(42)37-23-11-14-30(27(35)17-23)46-29-15-16-36-28-18-25(44-5)12-13-26(28)29;1-6-2-4-7(5-3-6)11(8,9)10/h6-18,21H,19-20H2,1-5H3,(H,37,42);2-5H,1H3,(H,8,9,10). The summed E-state index contributed by atoms with van der Waals surface area (Å²) in [5.74, 6) is -0.898. The van der Waals surface area contributed by atoms with Crippen LogP contribution in [0.1, 0.15) is 28.5 Å². The van der Waals surface area contributed by atoms with Gasteiger partial charge in [-0.15, -0.1) is 0 Å². The summed E-state index contributed by atoms with van der Waals surface area (Å²) >= 11 is 0. The molecule has 1 unspecified atom stereocenters. The van der Waals surface area contributed by atoms with Crippen LogP contribution in [0.5, 0.6) is 17.2 Å². The molecule has 2 aromatic heterocycles. The number of carbonyl (C=O) groups is 2. The Balaban J connectivity index is 0.000000486. The van der Waals surface area contributed by atoms with E-state index in [0.29, 0.717) is 33.8 Å². The number of amides is 1. The molecule has 1 amide bonds. The first-order chi connectivity index (χ1) is 27.0. The number of methoxy groups -OCH3 is 1. The topological polar surface area (TPSA) is 171 Å². The van der Waals surface area contributed by atoms with Gasteiger partial charge in [0.15, 0.2) is 11.6 Å². The number of benzene rings is 4. The Labute approximate surface area is 328 Å². The molecule has 57 heavy (non-hydrogen) atoms. The lowest BCUT2D eigenvalue weighted by Gasteiger charge is -2.19. The molecule has 0 aliphatic carbocycles. The predicted molar refractivity (Wildman–Crippen MR) is 213 cm³/mol. The first-order valence-electron chi connectivity index (χ1n) is 17.5. The number of hydrogen-bond acceptors (Lipinski definition) is 10. The second kappa shape index (κ2) is 18.1. The second-order valence-corrected chi connectivity index (χ2v) is 14.6. The number of halogens is 1. The molecule has 0 fully saturated rings. The third kappa shape index (κ3) is 10.5. The van der Waals surface area contributed by atoms with Crippen LogP contribution in [-0.2, 0) is 26.2 Å². The van der Waals surface area contributed by atoms with Crippen LogP contribution in [0.2, 0.25) is 0 Å². The van der Waals surface area contributed by atoms with Crippen molar-refractivity contribution < 1.29 is 41.2 Å². The van der Waals surface area contributed by atoms with Crippen LogP contribution in [0.4, 0.5) is 10.1 Å². The smallest absolute Gasteiger partial charge is 0.320 e. The Bertz CT molecular complexity index is 2560. The van der Waals surface area contributed by atoms with Gasteiger partial charge in [-0.2, -0.15) is 8.42 Å². The molecule has 0 aliphatic heterocycles. The van der Waals surface area contributed by atoms with Crippen LogP contribution in [-0.4, -0.2) is 77.9 Å². The molecule has 4 aromatic carbocycles. The van der Waals surface area contributed by atoms with Crippen LogP contribution in [0.15, 0.2) is 113 Å². The van der Waals surface area contributed by atoms with Gasteiger partial charge in [0.1, 0.15) is 23.2 Å². The van der Waals surface area contributed by atoms with E-state index in [2.05, 4.69) is 10.3 Å². The molecule has 0 radical (unpaired) electrons. The van der Waals surface area contributed by atoms with Gasteiger partial charge in [-0.1, -0.05) is 35.9 Å². The van der Waals surface area contributed by atoms with Crippen molar-refractivity contribution in [2.24, 2.45) is 0 Å². The van der Waals surface area contributed by atoms with E-state index in [1.807, 2.05) is 13.0 Å². The number of aryl methyl sites for hydroxylation is 1.